The van der Waals surface area contributed by atoms with Crippen LogP contribution < -0.4 is 10.5 Å². The summed E-state index contributed by atoms with van der Waals surface area (Å²) in [6.07, 6.45) is 2.81. The normalized spacial score (nSPS) is 12.3. The minimum Gasteiger partial charge on any atom is -0.481 e. The highest BCUT2D eigenvalue weighted by molar-refractivity contribution is 6.32. The number of oxazole rings is 1. The van der Waals surface area contributed by atoms with Crippen LogP contribution >= 0.6 is 11.6 Å². The Kier molecular flexibility index (Phi) is 8.77. The Morgan fingerprint density at radius 2 is 1.97 bits per heavy atom. The summed E-state index contributed by atoms with van der Waals surface area (Å²) in [5.41, 5.74) is 4.97. The molecule has 0 aliphatic rings. The number of carbonyl (C=O) groups is 1. The third-order valence-corrected chi connectivity index (χ3v) is 4.52. The van der Waals surface area contributed by atoms with Crippen molar-refractivity contribution < 1.29 is 38.9 Å². The van der Waals surface area contributed by atoms with Gasteiger partial charge in [0, 0.05) is 17.9 Å². The van der Waals surface area contributed by atoms with Gasteiger partial charge in [0.1, 0.15) is 12.0 Å². The molecule has 31 heavy (non-hydrogen) atoms. The number of nitrogens with two attached hydrogens (primary N) is 1. The predicted molar refractivity (Wildman–Crippen MR) is 109 cm³/mol. The Balaban J connectivity index is 0.000000366. The molecule has 0 bridgehead atoms. The number of nitrogens with zero attached hydrogens (tertiary/aromatic N) is 2. The molecule has 3 aromatic rings. The number of aryl methyl sites for hydroxylation is 1. The lowest BCUT2D eigenvalue weighted by atomic mass is 10.1. The van der Waals surface area contributed by atoms with E-state index in [0.29, 0.717) is 33.3 Å². The van der Waals surface area contributed by atoms with Crippen molar-refractivity contribution in [1.29, 1.82) is 0 Å². The van der Waals surface area contributed by atoms with Crippen LogP contribution in [0.1, 0.15) is 31.0 Å². The molecule has 0 amide bonds. The second-order valence-corrected chi connectivity index (χ2v) is 7.18. The Morgan fingerprint density at radius 3 is 2.48 bits per heavy atom. The topological polar surface area (TPSA) is 185 Å². The predicted octanol–water partition coefficient (Wildman–Crippen LogP) is 1.29. The van der Waals surface area contributed by atoms with Crippen LogP contribution in [-0.2, 0) is 11.2 Å². The van der Waals surface area contributed by atoms with Crippen molar-refractivity contribution in [3.63, 3.8) is 0 Å². The summed E-state index contributed by atoms with van der Waals surface area (Å²) in [4.78, 5) is 14.7. The van der Waals surface area contributed by atoms with Crippen LogP contribution in [0.2, 0.25) is 5.02 Å². The fourth-order valence-electron chi connectivity index (χ4n) is 2.31. The van der Waals surface area contributed by atoms with Crippen molar-refractivity contribution in [3.8, 4) is 5.75 Å². The number of rotatable bonds is 9. The van der Waals surface area contributed by atoms with Crippen molar-refractivity contribution in [2.24, 2.45) is 5.73 Å². The third kappa shape index (κ3) is 6.64. The van der Waals surface area contributed by atoms with E-state index in [-0.39, 0.29) is 12.8 Å². The molecule has 11 nitrogen and oxygen atoms in total. The number of aliphatic hydroxyl groups is 3. The first-order chi connectivity index (χ1) is 14.7. The molecule has 2 aromatic heterocycles. The number of carboxylic acid groups (broad SMARTS) is 1. The first-order valence-electron chi connectivity index (χ1n) is 9.20. The van der Waals surface area contributed by atoms with Gasteiger partial charge in [-0.05, 0) is 13.0 Å². The van der Waals surface area contributed by atoms with Crippen LogP contribution in [0.5, 0.6) is 5.75 Å². The zero-order valence-corrected chi connectivity index (χ0v) is 17.4. The van der Waals surface area contributed by atoms with Crippen LogP contribution in [0.15, 0.2) is 33.5 Å². The van der Waals surface area contributed by atoms with E-state index in [9.17, 15) is 4.79 Å². The Labute approximate surface area is 182 Å². The number of aliphatic hydroxyl groups excluding tert-OH is 3. The molecule has 12 heteroatoms. The van der Waals surface area contributed by atoms with E-state index in [1.807, 2.05) is 0 Å². The maximum atomic E-state index is 10.7. The van der Waals surface area contributed by atoms with Gasteiger partial charge in [-0.15, -0.1) is 0 Å². The Bertz CT molecular complexity index is 964. The van der Waals surface area contributed by atoms with Crippen LogP contribution in [0.4, 0.5) is 0 Å². The Hall–Kier alpha value is -2.70. The number of carboxylic acids is 1. The second kappa shape index (κ2) is 11.1. The summed E-state index contributed by atoms with van der Waals surface area (Å²) in [5, 5.41) is 38.7. The maximum absolute atomic E-state index is 10.7. The number of fused-ring (bicyclic) bond motifs is 1. The minimum absolute atomic E-state index is 0.0291. The summed E-state index contributed by atoms with van der Waals surface area (Å²) in [6.45, 7) is 0.574. The lowest BCUT2D eigenvalue weighted by Crippen LogP contribution is -2.50. The summed E-state index contributed by atoms with van der Waals surface area (Å²) >= 11 is 6.24. The van der Waals surface area contributed by atoms with Gasteiger partial charge in [0.2, 0.25) is 5.89 Å². The number of aromatic nitrogens is 2. The molecule has 0 aliphatic carbocycles. The molecule has 0 spiro atoms. The van der Waals surface area contributed by atoms with Gasteiger partial charge in [0.05, 0.1) is 48.7 Å². The van der Waals surface area contributed by atoms with Gasteiger partial charge < -0.3 is 39.8 Å². The van der Waals surface area contributed by atoms with E-state index in [4.69, 9.17) is 51.4 Å². The average Bonchev–Trinajstić information content (AvgIpc) is 3.43. The van der Waals surface area contributed by atoms with Crippen molar-refractivity contribution in [3.05, 3.63) is 41.2 Å². The van der Waals surface area contributed by atoms with Gasteiger partial charge in [-0.3, -0.25) is 4.79 Å². The molecular formula is C19H24ClN3O8. The van der Waals surface area contributed by atoms with Gasteiger partial charge in [0.25, 0.3) is 0 Å². The third-order valence-electron chi connectivity index (χ3n) is 4.22. The van der Waals surface area contributed by atoms with Gasteiger partial charge in [-0.2, -0.15) is 0 Å². The average molecular weight is 458 g/mol. The van der Waals surface area contributed by atoms with Gasteiger partial charge in [-0.25, -0.2) is 4.98 Å². The molecule has 2 heterocycles. The molecule has 0 saturated heterocycles. The largest absolute Gasteiger partial charge is 0.481 e. The van der Waals surface area contributed by atoms with E-state index >= 15 is 0 Å². The lowest BCUT2D eigenvalue weighted by Gasteiger charge is -2.20. The van der Waals surface area contributed by atoms with Crippen LogP contribution in [0.25, 0.3) is 11.0 Å². The molecule has 1 aromatic carbocycles. The quantitative estimate of drug-likeness (QED) is 0.311. The van der Waals surface area contributed by atoms with E-state index in [1.165, 1.54) is 12.5 Å². The highest BCUT2D eigenvalue weighted by Gasteiger charge is 2.21. The summed E-state index contributed by atoms with van der Waals surface area (Å²) in [7, 11) is 0. The molecule has 170 valence electrons. The van der Waals surface area contributed by atoms with Crippen LogP contribution in [0.3, 0.4) is 0 Å². The van der Waals surface area contributed by atoms with Crippen molar-refractivity contribution in [2.45, 2.75) is 31.4 Å². The zero-order valence-electron chi connectivity index (χ0n) is 16.7. The maximum Gasteiger partial charge on any atom is 0.303 e. The van der Waals surface area contributed by atoms with Crippen LogP contribution in [-0.4, -0.2) is 61.9 Å². The Morgan fingerprint density at radius 1 is 1.29 bits per heavy atom. The molecule has 0 fully saturated rings. The molecule has 0 radical (unpaired) electrons. The van der Waals surface area contributed by atoms with Gasteiger partial charge in [0.15, 0.2) is 11.7 Å². The molecule has 0 saturated carbocycles. The fourth-order valence-corrected chi connectivity index (χ4v) is 2.52. The molecular weight excluding hydrogens is 434 g/mol. The van der Waals surface area contributed by atoms with E-state index in [2.05, 4.69) is 10.1 Å². The number of hydrogen-bond acceptors (Lipinski definition) is 10. The lowest BCUT2D eigenvalue weighted by molar-refractivity contribution is -0.136. The molecule has 1 atom stereocenters. The van der Waals surface area contributed by atoms with E-state index in [1.54, 1.807) is 19.1 Å². The van der Waals surface area contributed by atoms with Gasteiger partial charge >= 0.3 is 5.97 Å². The smallest absolute Gasteiger partial charge is 0.303 e. The number of halogens is 1. The molecule has 6 N–H and O–H groups in total. The molecule has 0 aliphatic heterocycles. The SMILES string of the molecule is C[C@H](Oc1cc2onc(CCC(=O)O)c2cc1Cl)c1ncco1.NC(CO)(CO)CO. The standard InChI is InChI=1S/C15H13ClN2O5.C4H11NO3/c1-8(15-17-4-5-21-15)22-13-7-12-9(6-10(13)16)11(18-23-12)2-3-14(19)20;5-4(1-6,2-7)3-8/h4-8H,2-3H2,1H3,(H,19,20);6-8H,1-3,5H2/t8-;/m0./s1. The van der Waals surface area contributed by atoms with Crippen molar-refractivity contribution in [1.82, 2.24) is 10.1 Å². The molecule has 3 rings (SSSR count). The number of hydrogen-bond donors (Lipinski definition) is 5. The minimum atomic E-state index is -1.21. The highest BCUT2D eigenvalue weighted by atomic mass is 35.5. The monoisotopic (exact) mass is 457 g/mol. The van der Waals surface area contributed by atoms with Crippen molar-refractivity contribution in [2.75, 3.05) is 19.8 Å². The van der Waals surface area contributed by atoms with E-state index < -0.39 is 37.4 Å². The number of ether oxygens (including phenoxy) is 1. The molecule has 0 unspecified atom stereocenters. The number of benzene rings is 1. The summed E-state index contributed by atoms with van der Waals surface area (Å²) < 4.78 is 16.1. The van der Waals surface area contributed by atoms with Crippen LogP contribution in [0, 0.1) is 0 Å². The highest BCUT2D eigenvalue weighted by Crippen LogP contribution is 2.34. The fraction of sp³-hybridized carbons (Fsp3) is 0.421. The van der Waals surface area contributed by atoms with Crippen molar-refractivity contribution >= 4 is 28.5 Å². The van der Waals surface area contributed by atoms with E-state index in [0.717, 1.165) is 0 Å². The second-order valence-electron chi connectivity index (χ2n) is 6.77. The summed E-state index contributed by atoms with van der Waals surface area (Å²) in [5.74, 6) is -0.0568. The first kappa shape index (κ1) is 24.6. The zero-order chi connectivity index (χ0) is 23.0. The summed E-state index contributed by atoms with van der Waals surface area (Å²) in [6, 6.07) is 3.27. The number of aliphatic carboxylic acids is 1. The first-order valence-corrected chi connectivity index (χ1v) is 9.58. The van der Waals surface area contributed by atoms with Gasteiger partial charge in [-0.1, -0.05) is 16.8 Å².